The smallest absolute Gasteiger partial charge is 0.260 e. The van der Waals surface area contributed by atoms with E-state index < -0.39 is 6.10 Å². The Morgan fingerprint density at radius 1 is 1.58 bits per heavy atom. The molecule has 1 amide bonds. The summed E-state index contributed by atoms with van der Waals surface area (Å²) < 4.78 is 11.1. The number of ether oxygens (including phenoxy) is 2. The van der Waals surface area contributed by atoms with Crippen molar-refractivity contribution in [1.29, 1.82) is 0 Å². The Bertz CT molecular complexity index is 427. The van der Waals surface area contributed by atoms with Crippen LogP contribution in [0.5, 0.6) is 5.75 Å². The van der Waals surface area contributed by atoms with Gasteiger partial charge in [-0.15, -0.1) is 0 Å². The van der Waals surface area contributed by atoms with Crippen LogP contribution in [0.3, 0.4) is 0 Å². The first-order chi connectivity index (χ1) is 9.15. The number of benzene rings is 1. The molecule has 104 valence electrons. The molecule has 2 atom stereocenters. The fraction of sp³-hybridized carbons (Fsp3) is 0.533. The molecule has 19 heavy (non-hydrogen) atoms. The minimum atomic E-state index is -0.497. The van der Waals surface area contributed by atoms with E-state index in [1.807, 2.05) is 31.2 Å². The number of carbonyl (C=O) groups excluding carboxylic acids is 1. The zero-order valence-electron chi connectivity index (χ0n) is 11.5. The molecule has 1 aliphatic rings. The molecule has 0 radical (unpaired) electrons. The largest absolute Gasteiger partial charge is 0.481 e. The van der Waals surface area contributed by atoms with Gasteiger partial charge in [0.2, 0.25) is 0 Å². The molecule has 2 unspecified atom stereocenters. The van der Waals surface area contributed by atoms with E-state index in [2.05, 4.69) is 5.32 Å². The van der Waals surface area contributed by atoms with Crippen LogP contribution in [0, 0.1) is 6.92 Å². The molecule has 4 nitrogen and oxygen atoms in total. The van der Waals surface area contributed by atoms with Crippen LogP contribution in [0.2, 0.25) is 0 Å². The van der Waals surface area contributed by atoms with Gasteiger partial charge in [0, 0.05) is 13.2 Å². The van der Waals surface area contributed by atoms with Gasteiger partial charge >= 0.3 is 0 Å². The van der Waals surface area contributed by atoms with Gasteiger partial charge in [-0.2, -0.15) is 0 Å². The van der Waals surface area contributed by atoms with E-state index in [4.69, 9.17) is 9.47 Å². The molecule has 2 rings (SSSR count). The fourth-order valence-corrected chi connectivity index (χ4v) is 2.11. The van der Waals surface area contributed by atoms with Gasteiger partial charge in [-0.25, -0.2) is 0 Å². The topological polar surface area (TPSA) is 47.6 Å². The van der Waals surface area contributed by atoms with E-state index in [0.717, 1.165) is 30.8 Å². The molecule has 0 saturated carbocycles. The second-order valence-electron chi connectivity index (χ2n) is 4.96. The number of rotatable bonds is 5. The minimum Gasteiger partial charge on any atom is -0.481 e. The van der Waals surface area contributed by atoms with Crippen molar-refractivity contribution in [2.45, 2.75) is 38.9 Å². The Hall–Kier alpha value is -1.55. The SMILES string of the molecule is Cc1cccc(OC(C)C(=O)NCC2CCCO2)c1. The highest BCUT2D eigenvalue weighted by molar-refractivity contribution is 5.80. The quantitative estimate of drug-likeness (QED) is 0.884. The lowest BCUT2D eigenvalue weighted by Crippen LogP contribution is -2.40. The first kappa shape index (κ1) is 13.9. The molecule has 1 aromatic rings. The van der Waals surface area contributed by atoms with E-state index in [0.29, 0.717) is 6.54 Å². The lowest BCUT2D eigenvalue weighted by Gasteiger charge is -2.16. The summed E-state index contributed by atoms with van der Waals surface area (Å²) in [5, 5.41) is 2.87. The third kappa shape index (κ3) is 4.24. The normalized spacial score (nSPS) is 20.0. The molecule has 0 spiro atoms. The standard InChI is InChI=1S/C15H21NO3/c1-11-5-3-6-13(9-11)19-12(2)15(17)16-10-14-7-4-8-18-14/h3,5-6,9,12,14H,4,7-8,10H2,1-2H3,(H,16,17). The van der Waals surface area contributed by atoms with Gasteiger partial charge in [0.25, 0.3) is 5.91 Å². The predicted octanol–water partition coefficient (Wildman–Crippen LogP) is 2.06. The second kappa shape index (κ2) is 6.57. The molecule has 1 aliphatic heterocycles. The average Bonchev–Trinajstić information content (AvgIpc) is 2.89. The van der Waals surface area contributed by atoms with Crippen LogP contribution in [0.1, 0.15) is 25.3 Å². The summed E-state index contributed by atoms with van der Waals surface area (Å²) in [6.45, 7) is 5.12. The Morgan fingerprint density at radius 3 is 3.11 bits per heavy atom. The summed E-state index contributed by atoms with van der Waals surface area (Å²) in [6.07, 6.45) is 1.77. The van der Waals surface area contributed by atoms with E-state index in [1.165, 1.54) is 0 Å². The summed E-state index contributed by atoms with van der Waals surface area (Å²) in [6, 6.07) is 7.69. The summed E-state index contributed by atoms with van der Waals surface area (Å²) in [4.78, 5) is 11.9. The van der Waals surface area contributed by atoms with Gasteiger partial charge in [-0.1, -0.05) is 12.1 Å². The van der Waals surface area contributed by atoms with Gasteiger partial charge in [0.1, 0.15) is 5.75 Å². The van der Waals surface area contributed by atoms with Crippen molar-refractivity contribution in [1.82, 2.24) is 5.32 Å². The minimum absolute atomic E-state index is 0.1000. The van der Waals surface area contributed by atoms with Crippen molar-refractivity contribution in [3.63, 3.8) is 0 Å². The van der Waals surface area contributed by atoms with E-state index >= 15 is 0 Å². The predicted molar refractivity (Wildman–Crippen MR) is 73.3 cm³/mol. The Kier molecular flexibility index (Phi) is 4.80. The number of hydrogen-bond acceptors (Lipinski definition) is 3. The Morgan fingerprint density at radius 2 is 2.42 bits per heavy atom. The maximum atomic E-state index is 11.9. The number of hydrogen-bond donors (Lipinski definition) is 1. The average molecular weight is 263 g/mol. The lowest BCUT2D eigenvalue weighted by atomic mass is 10.2. The first-order valence-electron chi connectivity index (χ1n) is 6.78. The van der Waals surface area contributed by atoms with Crippen molar-refractivity contribution < 1.29 is 14.3 Å². The van der Waals surface area contributed by atoms with Crippen LogP contribution in [0.25, 0.3) is 0 Å². The van der Waals surface area contributed by atoms with Crippen molar-refractivity contribution in [2.75, 3.05) is 13.2 Å². The van der Waals surface area contributed by atoms with Gasteiger partial charge in [0.05, 0.1) is 6.10 Å². The van der Waals surface area contributed by atoms with Crippen LogP contribution in [-0.4, -0.2) is 31.3 Å². The molecule has 1 heterocycles. The Labute approximate surface area is 114 Å². The Balaban J connectivity index is 1.78. The van der Waals surface area contributed by atoms with Gasteiger partial charge < -0.3 is 14.8 Å². The molecular weight excluding hydrogens is 242 g/mol. The van der Waals surface area contributed by atoms with Crippen LogP contribution >= 0.6 is 0 Å². The number of aryl methyl sites for hydroxylation is 1. The van der Waals surface area contributed by atoms with Gasteiger partial charge in [0.15, 0.2) is 6.10 Å². The van der Waals surface area contributed by atoms with Crippen molar-refractivity contribution >= 4 is 5.91 Å². The summed E-state index contributed by atoms with van der Waals surface area (Å²) >= 11 is 0. The lowest BCUT2D eigenvalue weighted by molar-refractivity contribution is -0.127. The maximum Gasteiger partial charge on any atom is 0.260 e. The van der Waals surface area contributed by atoms with E-state index in [1.54, 1.807) is 6.92 Å². The first-order valence-corrected chi connectivity index (χ1v) is 6.78. The number of amides is 1. The third-order valence-electron chi connectivity index (χ3n) is 3.20. The highest BCUT2D eigenvalue weighted by atomic mass is 16.5. The number of carbonyl (C=O) groups is 1. The summed E-state index contributed by atoms with van der Waals surface area (Å²) in [7, 11) is 0. The molecule has 0 aromatic heterocycles. The monoisotopic (exact) mass is 263 g/mol. The van der Waals surface area contributed by atoms with Gasteiger partial charge in [-0.05, 0) is 44.4 Å². The summed E-state index contributed by atoms with van der Waals surface area (Å²) in [5.74, 6) is 0.622. The second-order valence-corrected chi connectivity index (χ2v) is 4.96. The highest BCUT2D eigenvalue weighted by Crippen LogP contribution is 2.14. The van der Waals surface area contributed by atoms with E-state index in [-0.39, 0.29) is 12.0 Å². The number of nitrogens with one attached hydrogen (secondary N) is 1. The molecule has 0 aliphatic carbocycles. The van der Waals surface area contributed by atoms with Crippen LogP contribution in [-0.2, 0) is 9.53 Å². The van der Waals surface area contributed by atoms with Crippen LogP contribution in [0.15, 0.2) is 24.3 Å². The van der Waals surface area contributed by atoms with Crippen LogP contribution in [0.4, 0.5) is 0 Å². The molecule has 4 heteroatoms. The maximum absolute atomic E-state index is 11.9. The van der Waals surface area contributed by atoms with Crippen molar-refractivity contribution in [3.05, 3.63) is 29.8 Å². The van der Waals surface area contributed by atoms with Gasteiger partial charge in [-0.3, -0.25) is 4.79 Å². The molecule has 1 N–H and O–H groups in total. The van der Waals surface area contributed by atoms with Crippen LogP contribution < -0.4 is 10.1 Å². The van der Waals surface area contributed by atoms with E-state index in [9.17, 15) is 4.79 Å². The molecule has 1 aromatic carbocycles. The molecule has 1 saturated heterocycles. The molecule has 0 bridgehead atoms. The molecular formula is C15H21NO3. The zero-order chi connectivity index (χ0) is 13.7. The fourth-order valence-electron chi connectivity index (χ4n) is 2.11. The zero-order valence-corrected chi connectivity index (χ0v) is 11.5. The highest BCUT2D eigenvalue weighted by Gasteiger charge is 2.19. The van der Waals surface area contributed by atoms with Crippen molar-refractivity contribution in [3.8, 4) is 5.75 Å². The third-order valence-corrected chi connectivity index (χ3v) is 3.20. The molecule has 1 fully saturated rings. The van der Waals surface area contributed by atoms with Crippen molar-refractivity contribution in [2.24, 2.45) is 0 Å². The summed E-state index contributed by atoms with van der Waals surface area (Å²) in [5.41, 5.74) is 1.12.